The van der Waals surface area contributed by atoms with E-state index >= 15 is 0 Å². The summed E-state index contributed by atoms with van der Waals surface area (Å²) < 4.78 is 2.03. The molecule has 1 saturated heterocycles. The Bertz CT molecular complexity index is 306. The van der Waals surface area contributed by atoms with Crippen LogP contribution in [-0.2, 0) is 7.05 Å². The zero-order valence-corrected chi connectivity index (χ0v) is 8.98. The molecule has 1 aromatic rings. The molecule has 1 fully saturated rings. The lowest BCUT2D eigenvalue weighted by Gasteiger charge is -2.23. The molecule has 2 rings (SSSR count). The molecule has 0 amide bonds. The highest BCUT2D eigenvalue weighted by Gasteiger charge is 2.37. The second-order valence-corrected chi connectivity index (χ2v) is 5.49. The van der Waals surface area contributed by atoms with Crippen molar-refractivity contribution in [3.05, 3.63) is 18.0 Å². The van der Waals surface area contributed by atoms with Gasteiger partial charge in [-0.1, -0.05) is 0 Å². The summed E-state index contributed by atoms with van der Waals surface area (Å²) in [6, 6.07) is 3.51. The molecule has 1 unspecified atom stereocenters. The van der Waals surface area contributed by atoms with Crippen molar-refractivity contribution in [2.24, 2.45) is 7.05 Å². The molecule has 4 heteroatoms. The lowest BCUT2D eigenvalue weighted by atomic mass is 10.0. The Kier molecular flexibility index (Phi) is 2.12. The molecule has 1 N–H and O–H groups in total. The summed E-state index contributed by atoms with van der Waals surface area (Å²) in [6.45, 7) is 4.48. The third kappa shape index (κ3) is 1.60. The van der Waals surface area contributed by atoms with Crippen LogP contribution in [0.4, 0.5) is 0 Å². The Morgan fingerprint density at radius 3 is 3.00 bits per heavy atom. The van der Waals surface area contributed by atoms with E-state index in [-0.39, 0.29) is 4.75 Å². The van der Waals surface area contributed by atoms with Crippen molar-refractivity contribution in [1.82, 2.24) is 15.1 Å². The lowest BCUT2D eigenvalue weighted by Crippen LogP contribution is -2.28. The molecular weight excluding hydrogens is 182 g/mol. The SMILES string of the molecule is Cn1c[c]c(C2NCSC2(C)C)n1. The van der Waals surface area contributed by atoms with E-state index in [1.165, 1.54) is 0 Å². The van der Waals surface area contributed by atoms with E-state index in [1.54, 1.807) is 4.68 Å². The van der Waals surface area contributed by atoms with Crippen molar-refractivity contribution in [1.29, 1.82) is 0 Å². The normalized spacial score (nSPS) is 26.5. The summed E-state index contributed by atoms with van der Waals surface area (Å²) in [5, 5.41) is 7.81. The minimum atomic E-state index is 0.227. The van der Waals surface area contributed by atoms with Gasteiger partial charge >= 0.3 is 0 Å². The topological polar surface area (TPSA) is 29.9 Å². The van der Waals surface area contributed by atoms with E-state index in [1.807, 2.05) is 25.0 Å². The third-order valence-corrected chi connectivity index (χ3v) is 3.66. The maximum Gasteiger partial charge on any atom is 0.0887 e. The van der Waals surface area contributed by atoms with Crippen LogP contribution < -0.4 is 5.32 Å². The fourth-order valence-corrected chi connectivity index (χ4v) is 2.58. The van der Waals surface area contributed by atoms with Crippen LogP contribution in [0.25, 0.3) is 0 Å². The highest BCUT2D eigenvalue weighted by atomic mass is 32.2. The number of aromatic nitrogens is 2. The van der Waals surface area contributed by atoms with Crippen molar-refractivity contribution in [3.63, 3.8) is 0 Å². The molecule has 71 valence electrons. The quantitative estimate of drug-likeness (QED) is 0.735. The molecule has 1 aliphatic rings. The molecule has 0 aliphatic carbocycles. The predicted molar refractivity (Wildman–Crippen MR) is 54.5 cm³/mol. The highest BCUT2D eigenvalue weighted by Crippen LogP contribution is 2.41. The van der Waals surface area contributed by atoms with Crippen molar-refractivity contribution < 1.29 is 0 Å². The van der Waals surface area contributed by atoms with Crippen LogP contribution in [0, 0.1) is 6.07 Å². The molecular formula is C9H14N3S. The Morgan fingerprint density at radius 2 is 2.54 bits per heavy atom. The zero-order valence-electron chi connectivity index (χ0n) is 8.16. The molecule has 0 bridgehead atoms. The summed E-state index contributed by atoms with van der Waals surface area (Å²) >= 11 is 1.93. The molecule has 1 aliphatic heterocycles. The maximum absolute atomic E-state index is 4.37. The van der Waals surface area contributed by atoms with Crippen molar-refractivity contribution >= 4 is 11.8 Å². The first kappa shape index (κ1) is 9.09. The first-order valence-corrected chi connectivity index (χ1v) is 5.37. The third-order valence-electron chi connectivity index (χ3n) is 2.37. The summed E-state index contributed by atoms with van der Waals surface area (Å²) in [4.78, 5) is 0. The van der Waals surface area contributed by atoms with Gasteiger partial charge in [0.1, 0.15) is 0 Å². The largest absolute Gasteiger partial charge is 0.298 e. The minimum Gasteiger partial charge on any atom is -0.298 e. The van der Waals surface area contributed by atoms with E-state index in [0.717, 1.165) is 11.6 Å². The van der Waals surface area contributed by atoms with Gasteiger partial charge in [0.25, 0.3) is 0 Å². The fourth-order valence-electron chi connectivity index (χ4n) is 1.59. The molecule has 1 aromatic heterocycles. The van der Waals surface area contributed by atoms with Gasteiger partial charge in [-0.3, -0.25) is 10.00 Å². The maximum atomic E-state index is 4.37. The molecule has 0 saturated carbocycles. The first-order chi connectivity index (χ1) is 6.09. The van der Waals surface area contributed by atoms with Gasteiger partial charge in [-0.25, -0.2) is 0 Å². The van der Waals surface area contributed by atoms with Crippen LogP contribution in [-0.4, -0.2) is 20.4 Å². The molecule has 13 heavy (non-hydrogen) atoms. The first-order valence-electron chi connectivity index (χ1n) is 4.38. The Morgan fingerprint density at radius 1 is 1.77 bits per heavy atom. The van der Waals surface area contributed by atoms with Gasteiger partial charge in [-0.2, -0.15) is 5.10 Å². The predicted octanol–water partition coefficient (Wildman–Crippen LogP) is 1.33. The number of hydrogen-bond acceptors (Lipinski definition) is 3. The smallest absolute Gasteiger partial charge is 0.0887 e. The standard InChI is InChI=1S/C9H14N3S/c1-9(2)8(10-6-13-9)7-4-5-12(3)11-7/h5,8,10H,6H2,1-3H3. The summed E-state index contributed by atoms with van der Waals surface area (Å²) in [6.07, 6.45) is 1.87. The molecule has 0 spiro atoms. The number of hydrogen-bond donors (Lipinski definition) is 1. The lowest BCUT2D eigenvalue weighted by molar-refractivity contribution is 0.489. The molecule has 1 radical (unpaired) electrons. The highest BCUT2D eigenvalue weighted by molar-refractivity contribution is 8.00. The van der Waals surface area contributed by atoms with Crippen LogP contribution in [0.3, 0.4) is 0 Å². The number of nitrogens with zero attached hydrogens (tertiary/aromatic N) is 2. The molecule has 0 aromatic carbocycles. The Balaban J connectivity index is 2.26. The number of rotatable bonds is 1. The van der Waals surface area contributed by atoms with Crippen molar-refractivity contribution in [2.45, 2.75) is 24.6 Å². The van der Waals surface area contributed by atoms with E-state index in [9.17, 15) is 0 Å². The summed E-state index contributed by atoms with van der Waals surface area (Å²) in [5.41, 5.74) is 1.03. The summed E-state index contributed by atoms with van der Waals surface area (Å²) in [7, 11) is 1.93. The van der Waals surface area contributed by atoms with E-state index < -0.39 is 0 Å². The molecule has 1 atom stereocenters. The Hall–Kier alpha value is -0.480. The number of nitrogens with one attached hydrogen (secondary N) is 1. The van der Waals surface area contributed by atoms with Crippen molar-refractivity contribution in [2.75, 3.05) is 5.88 Å². The number of thioether (sulfide) groups is 1. The average molecular weight is 196 g/mol. The minimum absolute atomic E-state index is 0.227. The van der Waals surface area contributed by atoms with Gasteiger partial charge in [0.05, 0.1) is 11.7 Å². The number of aryl methyl sites for hydroxylation is 1. The van der Waals surface area contributed by atoms with Gasteiger partial charge < -0.3 is 0 Å². The van der Waals surface area contributed by atoms with Gasteiger partial charge in [-0.05, 0) is 13.8 Å². The second-order valence-electron chi connectivity index (χ2n) is 3.86. The van der Waals surface area contributed by atoms with Crippen LogP contribution in [0.1, 0.15) is 25.6 Å². The van der Waals surface area contributed by atoms with E-state index in [0.29, 0.717) is 6.04 Å². The Labute approximate surface area is 82.9 Å². The van der Waals surface area contributed by atoms with E-state index in [2.05, 4.69) is 30.3 Å². The molecule has 2 heterocycles. The zero-order chi connectivity index (χ0) is 9.47. The van der Waals surface area contributed by atoms with Crippen molar-refractivity contribution in [3.8, 4) is 0 Å². The van der Waals surface area contributed by atoms with Crippen LogP contribution in [0.5, 0.6) is 0 Å². The van der Waals surface area contributed by atoms with Gasteiger partial charge in [-0.15, -0.1) is 11.8 Å². The van der Waals surface area contributed by atoms with Crippen LogP contribution in [0.15, 0.2) is 6.20 Å². The van der Waals surface area contributed by atoms with Gasteiger partial charge in [0.15, 0.2) is 0 Å². The monoisotopic (exact) mass is 196 g/mol. The average Bonchev–Trinajstić information content (AvgIpc) is 2.56. The van der Waals surface area contributed by atoms with Crippen LogP contribution >= 0.6 is 11.8 Å². The second kappa shape index (κ2) is 3.03. The van der Waals surface area contributed by atoms with Gasteiger partial charge in [0, 0.05) is 29.9 Å². The fraction of sp³-hybridized carbons (Fsp3) is 0.667. The molecule has 3 nitrogen and oxygen atoms in total. The van der Waals surface area contributed by atoms with Gasteiger partial charge in [0.2, 0.25) is 0 Å². The van der Waals surface area contributed by atoms with Crippen LogP contribution in [0.2, 0.25) is 0 Å². The van der Waals surface area contributed by atoms with E-state index in [4.69, 9.17) is 0 Å². The summed E-state index contributed by atoms with van der Waals surface area (Å²) in [5.74, 6) is 1.00.